The summed E-state index contributed by atoms with van der Waals surface area (Å²) in [4.78, 5) is 0. The van der Waals surface area contributed by atoms with E-state index in [0.717, 1.165) is 0 Å². The molecule has 6 nitrogen and oxygen atoms in total. The van der Waals surface area contributed by atoms with E-state index in [0.29, 0.717) is 6.32 Å². The van der Waals surface area contributed by atoms with E-state index in [1.54, 1.807) is 0 Å². The van der Waals surface area contributed by atoms with Crippen LogP contribution < -0.4 is 0 Å². The highest BCUT2D eigenvalue weighted by Gasteiger charge is 2.53. The SMILES string of the molecule is COC(OC)C1O[C@H]2[C@H](CB(O)O[C@H]2C(C)(C)C)O1. The Morgan fingerprint density at radius 3 is 2.37 bits per heavy atom. The molecule has 0 aliphatic carbocycles. The highest BCUT2D eigenvalue weighted by molar-refractivity contribution is 6.43. The lowest BCUT2D eigenvalue weighted by Crippen LogP contribution is -2.53. The monoisotopic (exact) mass is 274 g/mol. The Balaban J connectivity index is 2.12. The molecule has 2 aliphatic rings. The van der Waals surface area contributed by atoms with Gasteiger partial charge >= 0.3 is 7.12 Å². The van der Waals surface area contributed by atoms with Crippen molar-refractivity contribution in [3.8, 4) is 0 Å². The molecular formula is C12H23BO6. The van der Waals surface area contributed by atoms with Crippen molar-refractivity contribution in [1.82, 2.24) is 0 Å². The summed E-state index contributed by atoms with van der Waals surface area (Å²) in [6, 6.07) is 0. The summed E-state index contributed by atoms with van der Waals surface area (Å²) < 4.78 is 27.6. The highest BCUT2D eigenvalue weighted by Crippen LogP contribution is 2.39. The molecule has 2 heterocycles. The van der Waals surface area contributed by atoms with Gasteiger partial charge in [-0.2, -0.15) is 0 Å². The van der Waals surface area contributed by atoms with Crippen molar-refractivity contribution in [3.63, 3.8) is 0 Å². The van der Waals surface area contributed by atoms with Gasteiger partial charge in [-0.3, -0.25) is 0 Å². The standard InChI is InChI=1S/C12H23BO6/c1-12(2,3)9-8-7(6-13(14)19-9)17-11(18-8)10(15-4)16-5/h7-11,14H,6H2,1-5H3/t7-,8-,9+,11?/m0/s1. The van der Waals surface area contributed by atoms with Gasteiger partial charge in [-0.1, -0.05) is 20.8 Å². The first-order valence-corrected chi connectivity index (χ1v) is 6.57. The van der Waals surface area contributed by atoms with Gasteiger partial charge < -0.3 is 28.6 Å². The van der Waals surface area contributed by atoms with Crippen LogP contribution in [-0.2, 0) is 23.6 Å². The summed E-state index contributed by atoms with van der Waals surface area (Å²) >= 11 is 0. The largest absolute Gasteiger partial charge is 0.457 e. The minimum Gasteiger partial charge on any atom is -0.427 e. The molecule has 0 radical (unpaired) electrons. The fourth-order valence-corrected chi connectivity index (χ4v) is 2.62. The van der Waals surface area contributed by atoms with Gasteiger partial charge in [-0.05, 0) is 5.41 Å². The number of methoxy groups -OCH3 is 2. The summed E-state index contributed by atoms with van der Waals surface area (Å²) in [5, 5.41) is 9.81. The number of rotatable bonds is 3. The van der Waals surface area contributed by atoms with Crippen LogP contribution >= 0.6 is 0 Å². The van der Waals surface area contributed by atoms with Crippen molar-refractivity contribution in [1.29, 1.82) is 0 Å². The van der Waals surface area contributed by atoms with Crippen LogP contribution in [0.1, 0.15) is 20.8 Å². The molecule has 1 unspecified atom stereocenters. The maximum Gasteiger partial charge on any atom is 0.457 e. The predicted molar refractivity (Wildman–Crippen MR) is 68.4 cm³/mol. The predicted octanol–water partition coefficient (Wildman–Crippen LogP) is 0.641. The van der Waals surface area contributed by atoms with Gasteiger partial charge in [0.25, 0.3) is 0 Å². The topological polar surface area (TPSA) is 66.4 Å². The third-order valence-electron chi connectivity index (χ3n) is 3.54. The Hall–Kier alpha value is -0.175. The van der Waals surface area contributed by atoms with Crippen molar-refractivity contribution in [2.24, 2.45) is 5.41 Å². The van der Waals surface area contributed by atoms with E-state index < -0.39 is 19.7 Å². The average molecular weight is 274 g/mol. The van der Waals surface area contributed by atoms with Gasteiger partial charge in [-0.15, -0.1) is 0 Å². The first-order chi connectivity index (χ1) is 8.86. The lowest BCUT2D eigenvalue weighted by molar-refractivity contribution is -0.241. The molecule has 0 aromatic carbocycles. The zero-order valence-electron chi connectivity index (χ0n) is 12.2. The molecule has 2 rings (SSSR count). The zero-order valence-corrected chi connectivity index (χ0v) is 12.2. The maximum atomic E-state index is 9.81. The Kier molecular flexibility index (Phi) is 4.54. The summed E-state index contributed by atoms with van der Waals surface area (Å²) in [5.41, 5.74) is -0.155. The molecule has 0 bridgehead atoms. The van der Waals surface area contributed by atoms with E-state index in [9.17, 15) is 5.02 Å². The molecule has 2 aliphatic heterocycles. The van der Waals surface area contributed by atoms with E-state index in [4.69, 9.17) is 23.6 Å². The Morgan fingerprint density at radius 2 is 1.84 bits per heavy atom. The lowest BCUT2D eigenvalue weighted by atomic mass is 9.71. The van der Waals surface area contributed by atoms with Crippen molar-refractivity contribution < 1.29 is 28.6 Å². The van der Waals surface area contributed by atoms with Crippen LogP contribution in [-0.4, -0.2) is 57.3 Å². The summed E-state index contributed by atoms with van der Waals surface area (Å²) in [6.45, 7) is 6.15. The minimum absolute atomic E-state index is 0.155. The lowest BCUT2D eigenvalue weighted by Gasteiger charge is -2.40. The molecular weight excluding hydrogens is 251 g/mol. The molecule has 19 heavy (non-hydrogen) atoms. The Bertz CT molecular complexity index is 303. The molecule has 7 heteroatoms. The van der Waals surface area contributed by atoms with Gasteiger partial charge in [0.15, 0.2) is 0 Å². The molecule has 4 atom stereocenters. The zero-order chi connectivity index (χ0) is 14.2. The van der Waals surface area contributed by atoms with E-state index >= 15 is 0 Å². The Morgan fingerprint density at radius 1 is 1.21 bits per heavy atom. The van der Waals surface area contributed by atoms with Crippen molar-refractivity contribution >= 4 is 7.12 Å². The van der Waals surface area contributed by atoms with Gasteiger partial charge in [0, 0.05) is 20.5 Å². The van der Waals surface area contributed by atoms with E-state index in [-0.39, 0.29) is 23.7 Å². The van der Waals surface area contributed by atoms with Crippen LogP contribution in [0.15, 0.2) is 0 Å². The first-order valence-electron chi connectivity index (χ1n) is 6.57. The number of hydrogen-bond donors (Lipinski definition) is 1. The number of ether oxygens (including phenoxy) is 4. The van der Waals surface area contributed by atoms with Crippen LogP contribution in [0, 0.1) is 5.41 Å². The van der Waals surface area contributed by atoms with Gasteiger partial charge in [0.1, 0.15) is 6.10 Å². The first kappa shape index (κ1) is 15.2. The van der Waals surface area contributed by atoms with Crippen molar-refractivity contribution in [3.05, 3.63) is 0 Å². The average Bonchev–Trinajstić information content (AvgIpc) is 2.71. The molecule has 0 saturated carbocycles. The van der Waals surface area contributed by atoms with Crippen LogP contribution in [0.4, 0.5) is 0 Å². The van der Waals surface area contributed by atoms with Crippen molar-refractivity contribution in [2.45, 2.75) is 58.0 Å². The summed E-state index contributed by atoms with van der Waals surface area (Å²) in [6.07, 6.45) is -1.44. The highest BCUT2D eigenvalue weighted by atomic mass is 16.8. The molecule has 0 spiro atoms. The van der Waals surface area contributed by atoms with Crippen LogP contribution in [0.5, 0.6) is 0 Å². The molecule has 2 saturated heterocycles. The van der Waals surface area contributed by atoms with Gasteiger partial charge in [0.2, 0.25) is 12.6 Å². The van der Waals surface area contributed by atoms with Crippen LogP contribution in [0.2, 0.25) is 6.32 Å². The van der Waals surface area contributed by atoms with Gasteiger partial charge in [0.05, 0.1) is 12.2 Å². The molecule has 1 N–H and O–H groups in total. The molecule has 2 fully saturated rings. The van der Waals surface area contributed by atoms with Crippen LogP contribution in [0.3, 0.4) is 0 Å². The third-order valence-corrected chi connectivity index (χ3v) is 3.54. The fraction of sp³-hybridized carbons (Fsp3) is 1.00. The van der Waals surface area contributed by atoms with E-state index in [1.165, 1.54) is 14.2 Å². The fourth-order valence-electron chi connectivity index (χ4n) is 2.62. The Labute approximate surface area is 114 Å². The second kappa shape index (κ2) is 5.67. The molecule has 0 amide bonds. The van der Waals surface area contributed by atoms with Crippen LogP contribution in [0.25, 0.3) is 0 Å². The maximum absolute atomic E-state index is 9.81. The summed E-state index contributed by atoms with van der Waals surface area (Å²) in [5.74, 6) is 0. The van der Waals surface area contributed by atoms with Crippen molar-refractivity contribution in [2.75, 3.05) is 14.2 Å². The van der Waals surface area contributed by atoms with Gasteiger partial charge in [-0.25, -0.2) is 0 Å². The number of fused-ring (bicyclic) bond motifs is 1. The molecule has 110 valence electrons. The van der Waals surface area contributed by atoms with E-state index in [2.05, 4.69) is 0 Å². The number of hydrogen-bond acceptors (Lipinski definition) is 6. The second-order valence-corrected chi connectivity index (χ2v) is 6.10. The normalized spacial score (nSPS) is 35.8. The quantitative estimate of drug-likeness (QED) is 0.602. The van der Waals surface area contributed by atoms with E-state index in [1.807, 2.05) is 20.8 Å². The summed E-state index contributed by atoms with van der Waals surface area (Å²) in [7, 11) is 2.25. The molecule has 0 aromatic heterocycles. The molecule has 0 aromatic rings. The second-order valence-electron chi connectivity index (χ2n) is 6.10. The minimum atomic E-state index is -0.823. The third kappa shape index (κ3) is 3.12. The smallest absolute Gasteiger partial charge is 0.427 e.